The lowest BCUT2D eigenvalue weighted by atomic mass is 9.59. The van der Waals surface area contributed by atoms with Crippen molar-refractivity contribution in [2.45, 2.75) is 77.6 Å². The van der Waals surface area contributed by atoms with Gasteiger partial charge in [-0.1, -0.05) is 91.9 Å². The van der Waals surface area contributed by atoms with Crippen LogP contribution in [0.4, 0.5) is 5.69 Å². The zero-order chi connectivity index (χ0) is 29.7. The minimum Gasteiger partial charge on any atom is -0.460 e. The number of nitrogens with zero attached hydrogens (tertiary/aromatic N) is 4. The molecule has 9 nitrogen and oxygen atoms in total. The van der Waals surface area contributed by atoms with Crippen LogP contribution in [0.5, 0.6) is 0 Å². The van der Waals surface area contributed by atoms with Gasteiger partial charge in [0.15, 0.2) is 11.6 Å². The maximum Gasteiger partial charge on any atom is 0.342 e. The first-order chi connectivity index (χ1) is 17.7. The fraction of sp³-hybridized carbons (Fsp3) is 0.630. The lowest BCUT2D eigenvalue weighted by Crippen LogP contribution is -2.50. The molecule has 0 aliphatic heterocycles. The van der Waals surface area contributed by atoms with E-state index >= 15 is 0 Å². The summed E-state index contributed by atoms with van der Waals surface area (Å²) in [6.07, 6.45) is 1.49. The summed E-state index contributed by atoms with van der Waals surface area (Å²) in [6.45, 7) is 16.5. The van der Waals surface area contributed by atoms with Gasteiger partial charge in [0.05, 0.1) is 4.92 Å². The van der Waals surface area contributed by atoms with E-state index in [1.807, 2.05) is 0 Å². The molecule has 0 spiro atoms. The summed E-state index contributed by atoms with van der Waals surface area (Å²) >= 11 is 12.8. The average molecular weight is 691 g/mol. The topological polar surface area (TPSA) is 117 Å². The SMILES string of the molecule is CC(=O)n1nc(-c2ccc(Cl)c([N+](=O)[O-])c2)nc1C(Br)(Br)C(=O)OC1C(C(C)(C)C)CC(C)CC1C(C)(C)C. The molecule has 1 saturated carbocycles. The van der Waals surface area contributed by atoms with Crippen molar-refractivity contribution in [2.75, 3.05) is 0 Å². The Labute approximate surface area is 250 Å². The first-order valence-electron chi connectivity index (χ1n) is 12.8. The molecule has 1 heterocycles. The van der Waals surface area contributed by atoms with Crippen LogP contribution in [0.25, 0.3) is 11.4 Å². The average Bonchev–Trinajstić information content (AvgIpc) is 3.25. The third-order valence-corrected chi connectivity index (χ3v) is 9.09. The Kier molecular flexibility index (Phi) is 9.10. The summed E-state index contributed by atoms with van der Waals surface area (Å²) in [6, 6.07) is 4.09. The molecule has 1 aromatic carbocycles. The normalized spacial score (nSPS) is 22.4. The fourth-order valence-corrected chi connectivity index (χ4v) is 6.19. The number of carbonyl (C=O) groups excluding carboxylic acids is 2. The largest absolute Gasteiger partial charge is 0.460 e. The van der Waals surface area contributed by atoms with Crippen LogP contribution in [0.1, 0.15) is 78.9 Å². The Morgan fingerprint density at radius 3 is 2.10 bits per heavy atom. The molecule has 1 aliphatic rings. The van der Waals surface area contributed by atoms with Gasteiger partial charge in [-0.25, -0.2) is 9.78 Å². The smallest absolute Gasteiger partial charge is 0.342 e. The van der Waals surface area contributed by atoms with Crippen molar-refractivity contribution in [3.05, 3.63) is 39.2 Å². The number of ether oxygens (including phenoxy) is 1. The molecule has 214 valence electrons. The number of hydrogen-bond acceptors (Lipinski definition) is 7. The maximum absolute atomic E-state index is 13.9. The van der Waals surface area contributed by atoms with E-state index in [4.69, 9.17) is 16.3 Å². The monoisotopic (exact) mass is 688 g/mol. The number of halogens is 3. The number of nitro groups is 1. The second kappa shape index (κ2) is 11.2. The summed E-state index contributed by atoms with van der Waals surface area (Å²) in [4.78, 5) is 41.6. The fourth-order valence-electron chi connectivity index (χ4n) is 5.31. The summed E-state index contributed by atoms with van der Waals surface area (Å²) in [5, 5.41) is 15.6. The van der Waals surface area contributed by atoms with Gasteiger partial charge in [0, 0.05) is 30.4 Å². The van der Waals surface area contributed by atoms with E-state index in [1.165, 1.54) is 25.1 Å². The first kappa shape index (κ1) is 31.7. The summed E-state index contributed by atoms with van der Waals surface area (Å²) < 4.78 is 5.59. The Bertz CT molecular complexity index is 1260. The zero-order valence-corrected chi connectivity index (χ0v) is 27.3. The van der Waals surface area contributed by atoms with Gasteiger partial charge in [-0.15, -0.1) is 5.10 Å². The molecular formula is C27H35Br2ClN4O5. The number of benzene rings is 1. The van der Waals surface area contributed by atoms with Gasteiger partial charge in [0.2, 0.25) is 9.14 Å². The predicted molar refractivity (Wildman–Crippen MR) is 157 cm³/mol. The van der Waals surface area contributed by atoms with Gasteiger partial charge in [0.25, 0.3) is 5.69 Å². The van der Waals surface area contributed by atoms with Crippen molar-refractivity contribution < 1.29 is 19.2 Å². The van der Waals surface area contributed by atoms with Crippen LogP contribution in [0.15, 0.2) is 18.2 Å². The number of rotatable bonds is 5. The lowest BCUT2D eigenvalue weighted by Gasteiger charge is -2.50. The molecule has 0 radical (unpaired) electrons. The number of aromatic nitrogens is 3. The quantitative estimate of drug-likeness (QED) is 0.136. The lowest BCUT2D eigenvalue weighted by molar-refractivity contribution is -0.384. The molecule has 12 heteroatoms. The third kappa shape index (κ3) is 6.73. The highest BCUT2D eigenvalue weighted by molar-refractivity contribution is 9.25. The molecule has 2 unspecified atom stereocenters. The van der Waals surface area contributed by atoms with E-state index in [2.05, 4.69) is 90.4 Å². The Balaban J connectivity index is 2.05. The second-order valence-electron chi connectivity index (χ2n) is 12.6. The van der Waals surface area contributed by atoms with E-state index in [-0.39, 0.29) is 56.7 Å². The van der Waals surface area contributed by atoms with Crippen molar-refractivity contribution in [3.8, 4) is 11.4 Å². The number of esters is 1. The molecule has 1 aromatic heterocycles. The molecule has 2 aromatic rings. The van der Waals surface area contributed by atoms with Crippen molar-refractivity contribution in [2.24, 2.45) is 28.6 Å². The van der Waals surface area contributed by atoms with E-state index in [0.29, 0.717) is 5.92 Å². The van der Waals surface area contributed by atoms with E-state index in [9.17, 15) is 19.7 Å². The molecule has 39 heavy (non-hydrogen) atoms. The first-order valence-corrected chi connectivity index (χ1v) is 14.7. The van der Waals surface area contributed by atoms with Gasteiger partial charge in [-0.05, 0) is 41.7 Å². The summed E-state index contributed by atoms with van der Waals surface area (Å²) in [7, 11) is 0. The standard InChI is InChI=1S/C27H35Br2ClN4O5/c1-14-11-17(25(3,4)5)21(18(12-14)26(6,7)8)39-24(36)27(28,29)23-31-22(32-33(23)15(2)35)16-9-10-19(30)20(13-16)34(37)38/h9-10,13-14,17-18,21H,11-12H2,1-8H3. The molecule has 0 saturated heterocycles. The van der Waals surface area contributed by atoms with Gasteiger partial charge < -0.3 is 4.74 Å². The number of alkyl halides is 2. The zero-order valence-electron chi connectivity index (χ0n) is 23.4. The van der Waals surface area contributed by atoms with Crippen molar-refractivity contribution in [3.63, 3.8) is 0 Å². The van der Waals surface area contributed by atoms with Crippen molar-refractivity contribution >= 4 is 61.0 Å². The van der Waals surface area contributed by atoms with E-state index < -0.39 is 20.0 Å². The highest BCUT2D eigenvalue weighted by Crippen LogP contribution is 2.51. The van der Waals surface area contributed by atoms with Crippen LogP contribution in [0.3, 0.4) is 0 Å². The minimum atomic E-state index is -1.71. The molecule has 1 fully saturated rings. The van der Waals surface area contributed by atoms with Crippen LogP contribution in [-0.4, -0.2) is 37.7 Å². The Morgan fingerprint density at radius 2 is 1.64 bits per heavy atom. The molecular weight excluding hydrogens is 656 g/mol. The Morgan fingerprint density at radius 1 is 1.10 bits per heavy atom. The van der Waals surface area contributed by atoms with Crippen LogP contribution in [-0.2, 0) is 12.8 Å². The van der Waals surface area contributed by atoms with Crippen molar-refractivity contribution in [1.82, 2.24) is 14.8 Å². The van der Waals surface area contributed by atoms with Gasteiger partial charge >= 0.3 is 5.97 Å². The molecule has 0 N–H and O–H groups in total. The second-order valence-corrected chi connectivity index (χ2v) is 16.4. The maximum atomic E-state index is 13.9. The van der Waals surface area contributed by atoms with E-state index in [1.54, 1.807) is 0 Å². The highest BCUT2D eigenvalue weighted by Gasteiger charge is 2.51. The third-order valence-electron chi connectivity index (χ3n) is 7.42. The highest BCUT2D eigenvalue weighted by atomic mass is 79.9. The van der Waals surface area contributed by atoms with Crippen molar-refractivity contribution in [1.29, 1.82) is 0 Å². The Hall–Kier alpha value is -1.85. The van der Waals surface area contributed by atoms with Gasteiger partial charge in [-0.3, -0.25) is 14.9 Å². The molecule has 2 atom stereocenters. The van der Waals surface area contributed by atoms with Crippen LogP contribution < -0.4 is 0 Å². The minimum absolute atomic E-state index is 0.0164. The van der Waals surface area contributed by atoms with Crippen LogP contribution >= 0.6 is 43.5 Å². The van der Waals surface area contributed by atoms with Crippen LogP contribution in [0, 0.1) is 38.7 Å². The number of nitro benzene ring substituents is 1. The predicted octanol–water partition coefficient (Wildman–Crippen LogP) is 7.78. The van der Waals surface area contributed by atoms with Crippen LogP contribution in [0.2, 0.25) is 5.02 Å². The van der Waals surface area contributed by atoms with Gasteiger partial charge in [-0.2, -0.15) is 4.68 Å². The molecule has 0 amide bonds. The number of carbonyl (C=O) groups is 2. The van der Waals surface area contributed by atoms with Gasteiger partial charge in [0.1, 0.15) is 11.1 Å². The summed E-state index contributed by atoms with van der Waals surface area (Å²) in [5.74, 6) is -0.497. The molecule has 3 rings (SSSR count). The molecule has 1 aliphatic carbocycles. The summed E-state index contributed by atoms with van der Waals surface area (Å²) in [5.41, 5.74) is -0.287. The number of hydrogen-bond donors (Lipinski definition) is 0. The van der Waals surface area contributed by atoms with E-state index in [0.717, 1.165) is 17.5 Å². The molecule has 0 bridgehead atoms.